The second-order valence-electron chi connectivity index (χ2n) is 2.49. The van der Waals surface area contributed by atoms with Gasteiger partial charge in [-0.05, 0) is 25.0 Å². The lowest BCUT2D eigenvalue weighted by molar-refractivity contribution is -0.0644. The monoisotopic (exact) mass is 139 g/mol. The van der Waals surface area contributed by atoms with Crippen molar-refractivity contribution in [3.63, 3.8) is 0 Å². The van der Waals surface area contributed by atoms with E-state index in [1.807, 2.05) is 13.0 Å². The second-order valence-corrected chi connectivity index (χ2v) is 2.49. The largest absolute Gasteiger partial charge is 0.288 e. The summed E-state index contributed by atoms with van der Waals surface area (Å²) in [7, 11) is 0. The van der Waals surface area contributed by atoms with Crippen LogP contribution in [0.5, 0.6) is 0 Å². The van der Waals surface area contributed by atoms with Gasteiger partial charge in [0.15, 0.2) is 0 Å². The van der Waals surface area contributed by atoms with Crippen LogP contribution in [0.15, 0.2) is 23.9 Å². The molecule has 56 valence electrons. The Labute approximate surface area is 61.4 Å². The minimum Gasteiger partial charge on any atom is -0.288 e. The third-order valence-electron chi connectivity index (χ3n) is 1.89. The van der Waals surface area contributed by atoms with Gasteiger partial charge >= 0.3 is 0 Å². The Morgan fingerprint density at radius 1 is 1.70 bits per heavy atom. The molecule has 0 aromatic heterocycles. The van der Waals surface area contributed by atoms with Gasteiger partial charge in [0.05, 0.1) is 6.04 Å². The maximum atomic E-state index is 9.18. The molecule has 0 fully saturated rings. The number of hydrogen-bond acceptors (Lipinski definition) is 2. The molecule has 0 radical (unpaired) electrons. The van der Waals surface area contributed by atoms with Crippen LogP contribution in [-0.2, 0) is 0 Å². The molecule has 2 heteroatoms. The number of hydroxylamine groups is 2. The van der Waals surface area contributed by atoms with Gasteiger partial charge in [0, 0.05) is 6.20 Å². The Bertz CT molecular complexity index is 172. The molecule has 1 atom stereocenters. The molecule has 1 unspecified atom stereocenters. The Balaban J connectivity index is 2.71. The molecule has 1 heterocycles. The Morgan fingerprint density at radius 2 is 2.40 bits per heavy atom. The summed E-state index contributed by atoms with van der Waals surface area (Å²) >= 11 is 0. The average molecular weight is 139 g/mol. The summed E-state index contributed by atoms with van der Waals surface area (Å²) in [5.41, 5.74) is 1.27. The van der Waals surface area contributed by atoms with Crippen LogP contribution in [-0.4, -0.2) is 16.3 Å². The zero-order valence-electron chi connectivity index (χ0n) is 6.41. The van der Waals surface area contributed by atoms with Crippen LogP contribution in [0.2, 0.25) is 0 Å². The summed E-state index contributed by atoms with van der Waals surface area (Å²) in [6, 6.07) is 0.148. The lowest BCUT2D eigenvalue weighted by Gasteiger charge is -2.25. The van der Waals surface area contributed by atoms with Gasteiger partial charge in [-0.3, -0.25) is 10.3 Å². The topological polar surface area (TPSA) is 23.5 Å². The van der Waals surface area contributed by atoms with Crippen LogP contribution in [0.4, 0.5) is 0 Å². The smallest absolute Gasteiger partial charge is 0.0740 e. The Morgan fingerprint density at radius 3 is 2.90 bits per heavy atom. The molecular weight excluding hydrogens is 126 g/mol. The van der Waals surface area contributed by atoms with E-state index in [-0.39, 0.29) is 6.04 Å². The van der Waals surface area contributed by atoms with Gasteiger partial charge in [0.25, 0.3) is 0 Å². The molecule has 10 heavy (non-hydrogen) atoms. The van der Waals surface area contributed by atoms with E-state index in [0.29, 0.717) is 0 Å². The third kappa shape index (κ3) is 1.21. The van der Waals surface area contributed by atoms with Crippen LogP contribution in [0, 0.1) is 0 Å². The van der Waals surface area contributed by atoms with Gasteiger partial charge in [0.2, 0.25) is 0 Å². The lowest BCUT2D eigenvalue weighted by Crippen LogP contribution is -2.27. The summed E-state index contributed by atoms with van der Waals surface area (Å²) in [4.78, 5) is 0. The van der Waals surface area contributed by atoms with Gasteiger partial charge in [-0.25, -0.2) is 0 Å². The molecule has 0 saturated heterocycles. The van der Waals surface area contributed by atoms with Crippen LogP contribution >= 0.6 is 0 Å². The summed E-state index contributed by atoms with van der Waals surface area (Å²) in [5, 5.41) is 10.4. The molecule has 1 rings (SSSR count). The van der Waals surface area contributed by atoms with E-state index in [0.717, 1.165) is 6.42 Å². The molecule has 0 aromatic rings. The molecule has 1 aliphatic heterocycles. The molecule has 0 amide bonds. The molecule has 0 aromatic carbocycles. The van der Waals surface area contributed by atoms with Crippen molar-refractivity contribution in [3.8, 4) is 0 Å². The zero-order chi connectivity index (χ0) is 7.56. The molecule has 2 nitrogen and oxygen atoms in total. The quantitative estimate of drug-likeness (QED) is 0.600. The molecule has 0 spiro atoms. The molecule has 1 aliphatic rings. The third-order valence-corrected chi connectivity index (χ3v) is 1.89. The minimum atomic E-state index is 0.148. The van der Waals surface area contributed by atoms with Crippen molar-refractivity contribution in [2.24, 2.45) is 0 Å². The van der Waals surface area contributed by atoms with E-state index in [9.17, 15) is 5.21 Å². The fraction of sp³-hybridized carbons (Fsp3) is 0.500. The van der Waals surface area contributed by atoms with Gasteiger partial charge in [0.1, 0.15) is 0 Å². The highest BCUT2D eigenvalue weighted by atomic mass is 16.5. The first-order valence-corrected chi connectivity index (χ1v) is 3.60. The van der Waals surface area contributed by atoms with Gasteiger partial charge in [-0.1, -0.05) is 13.0 Å². The zero-order valence-corrected chi connectivity index (χ0v) is 6.41. The van der Waals surface area contributed by atoms with Crippen LogP contribution in [0.3, 0.4) is 0 Å². The van der Waals surface area contributed by atoms with Gasteiger partial charge < -0.3 is 0 Å². The molecule has 0 saturated carbocycles. The number of hydrogen-bond donors (Lipinski definition) is 1. The summed E-state index contributed by atoms with van der Waals surface area (Å²) in [5.74, 6) is 0. The summed E-state index contributed by atoms with van der Waals surface area (Å²) in [6.07, 6.45) is 6.59. The maximum Gasteiger partial charge on any atom is 0.0740 e. The SMILES string of the molecule is CCC1=CC=CN(O)C1C. The predicted molar refractivity (Wildman–Crippen MR) is 40.6 cm³/mol. The highest BCUT2D eigenvalue weighted by Gasteiger charge is 2.13. The van der Waals surface area contributed by atoms with Crippen molar-refractivity contribution in [1.82, 2.24) is 5.06 Å². The highest BCUT2D eigenvalue weighted by molar-refractivity contribution is 5.20. The van der Waals surface area contributed by atoms with Crippen LogP contribution in [0.25, 0.3) is 0 Å². The van der Waals surface area contributed by atoms with Gasteiger partial charge in [-0.2, -0.15) is 0 Å². The van der Waals surface area contributed by atoms with E-state index in [2.05, 4.69) is 13.0 Å². The summed E-state index contributed by atoms with van der Waals surface area (Å²) < 4.78 is 0. The van der Waals surface area contributed by atoms with Crippen LogP contribution in [0.1, 0.15) is 20.3 Å². The number of allylic oxidation sites excluding steroid dienone is 2. The highest BCUT2D eigenvalue weighted by Crippen LogP contribution is 2.16. The first-order chi connectivity index (χ1) is 4.75. The van der Waals surface area contributed by atoms with E-state index < -0.39 is 0 Å². The van der Waals surface area contributed by atoms with Crippen molar-refractivity contribution in [2.75, 3.05) is 0 Å². The summed E-state index contributed by atoms with van der Waals surface area (Å²) in [6.45, 7) is 4.08. The normalized spacial score (nSPS) is 24.9. The maximum absolute atomic E-state index is 9.18. The van der Waals surface area contributed by atoms with E-state index >= 15 is 0 Å². The number of nitrogens with zero attached hydrogens (tertiary/aromatic N) is 1. The Kier molecular flexibility index (Phi) is 2.12. The first-order valence-electron chi connectivity index (χ1n) is 3.60. The molecule has 1 N–H and O–H groups in total. The van der Waals surface area contributed by atoms with E-state index in [1.165, 1.54) is 10.6 Å². The second kappa shape index (κ2) is 2.88. The van der Waals surface area contributed by atoms with Crippen molar-refractivity contribution < 1.29 is 5.21 Å². The predicted octanol–water partition coefficient (Wildman–Crippen LogP) is 1.93. The molecular formula is C8H13NO. The van der Waals surface area contributed by atoms with Crippen molar-refractivity contribution in [2.45, 2.75) is 26.3 Å². The lowest BCUT2D eigenvalue weighted by atomic mass is 10.0. The average Bonchev–Trinajstić information content (AvgIpc) is 1.95. The van der Waals surface area contributed by atoms with Crippen molar-refractivity contribution >= 4 is 0 Å². The molecule has 0 aliphatic carbocycles. The van der Waals surface area contributed by atoms with Crippen molar-refractivity contribution in [3.05, 3.63) is 23.9 Å². The molecule has 0 bridgehead atoms. The Hall–Kier alpha value is -0.760. The minimum absolute atomic E-state index is 0.148. The van der Waals surface area contributed by atoms with Gasteiger partial charge in [-0.15, -0.1) is 0 Å². The fourth-order valence-electron chi connectivity index (χ4n) is 1.11. The van der Waals surface area contributed by atoms with Crippen LogP contribution < -0.4 is 0 Å². The number of rotatable bonds is 1. The van der Waals surface area contributed by atoms with E-state index in [4.69, 9.17) is 0 Å². The van der Waals surface area contributed by atoms with Crippen molar-refractivity contribution in [1.29, 1.82) is 0 Å². The standard InChI is InChI=1S/C8H13NO/c1-3-8-5-4-6-9(10)7(8)2/h4-7,10H,3H2,1-2H3. The first kappa shape index (κ1) is 7.35. The van der Waals surface area contributed by atoms with E-state index in [1.54, 1.807) is 6.20 Å². The fourth-order valence-corrected chi connectivity index (χ4v) is 1.11.